The molecule has 0 spiro atoms. The molecule has 0 heterocycles. The van der Waals surface area contributed by atoms with Gasteiger partial charge in [-0.05, 0) is 30.3 Å². The summed E-state index contributed by atoms with van der Waals surface area (Å²) < 4.78 is 6.06. The van der Waals surface area contributed by atoms with E-state index in [1.54, 1.807) is 19.2 Å². The zero-order chi connectivity index (χ0) is 14.8. The zero-order valence-electron chi connectivity index (χ0n) is 12.4. The number of nitro groups is 1. The molecule has 0 unspecified atom stereocenters. The van der Waals surface area contributed by atoms with E-state index in [0.717, 1.165) is 0 Å². The van der Waals surface area contributed by atoms with Crippen molar-refractivity contribution in [2.24, 2.45) is 0 Å². The van der Waals surface area contributed by atoms with E-state index in [0.29, 0.717) is 11.4 Å². The number of rotatable bonds is 4. The van der Waals surface area contributed by atoms with Gasteiger partial charge in [0.25, 0.3) is 5.69 Å². The Morgan fingerprint density at radius 1 is 1.32 bits per heavy atom. The van der Waals surface area contributed by atoms with Gasteiger partial charge in [0.2, 0.25) is 8.32 Å². The highest BCUT2D eigenvalue weighted by Crippen LogP contribution is 2.38. The van der Waals surface area contributed by atoms with Crippen molar-refractivity contribution in [2.75, 3.05) is 12.4 Å². The number of benzene rings is 1. The fraction of sp³-hybridized carbons (Fsp3) is 0.538. The average Bonchev–Trinajstić information content (AvgIpc) is 2.26. The monoisotopic (exact) mass is 282 g/mol. The van der Waals surface area contributed by atoms with E-state index in [9.17, 15) is 10.1 Å². The van der Waals surface area contributed by atoms with Crippen LogP contribution >= 0.6 is 0 Å². The Labute approximate surface area is 115 Å². The number of nitrogens with zero attached hydrogens (tertiary/aromatic N) is 1. The van der Waals surface area contributed by atoms with Crippen LogP contribution in [0.2, 0.25) is 18.1 Å². The van der Waals surface area contributed by atoms with Gasteiger partial charge in [-0.25, -0.2) is 0 Å². The molecule has 0 aliphatic carbocycles. The third kappa shape index (κ3) is 3.47. The fourth-order valence-electron chi connectivity index (χ4n) is 1.39. The van der Waals surface area contributed by atoms with Gasteiger partial charge in [-0.1, -0.05) is 20.8 Å². The van der Waals surface area contributed by atoms with Crippen molar-refractivity contribution < 1.29 is 9.35 Å². The molecule has 0 aliphatic heterocycles. The van der Waals surface area contributed by atoms with Gasteiger partial charge in [-0.15, -0.1) is 0 Å². The van der Waals surface area contributed by atoms with E-state index >= 15 is 0 Å². The van der Waals surface area contributed by atoms with Crippen LogP contribution in [0.5, 0.6) is 5.75 Å². The first kappa shape index (κ1) is 15.5. The first-order valence-electron chi connectivity index (χ1n) is 6.24. The van der Waals surface area contributed by atoms with Crippen LogP contribution in [0.1, 0.15) is 20.8 Å². The van der Waals surface area contributed by atoms with Crippen LogP contribution in [0.15, 0.2) is 18.2 Å². The van der Waals surface area contributed by atoms with Crippen LogP contribution in [-0.4, -0.2) is 20.3 Å². The predicted molar refractivity (Wildman–Crippen MR) is 80.5 cm³/mol. The SMILES string of the molecule is CNc1ccc(O[Si](C)(C)C(C)(C)C)cc1[N+](=O)[O-]. The molecule has 5 nitrogen and oxygen atoms in total. The zero-order valence-corrected chi connectivity index (χ0v) is 13.4. The normalized spacial score (nSPS) is 12.1. The molecule has 0 radical (unpaired) electrons. The third-order valence-corrected chi connectivity index (χ3v) is 7.97. The van der Waals surface area contributed by atoms with Crippen molar-refractivity contribution in [1.29, 1.82) is 0 Å². The maximum Gasteiger partial charge on any atom is 0.295 e. The minimum Gasteiger partial charge on any atom is -0.543 e. The number of hydrogen-bond donors (Lipinski definition) is 1. The molecule has 0 saturated heterocycles. The molecule has 0 aromatic heterocycles. The lowest BCUT2D eigenvalue weighted by atomic mass is 10.2. The molecule has 1 aromatic rings. The van der Waals surface area contributed by atoms with Crippen LogP contribution in [0.25, 0.3) is 0 Å². The lowest BCUT2D eigenvalue weighted by Gasteiger charge is -2.36. The average molecular weight is 282 g/mol. The second-order valence-electron chi connectivity index (χ2n) is 6.05. The van der Waals surface area contributed by atoms with Gasteiger partial charge in [0.15, 0.2) is 0 Å². The molecule has 106 valence electrons. The minimum absolute atomic E-state index is 0.0405. The van der Waals surface area contributed by atoms with Gasteiger partial charge < -0.3 is 9.74 Å². The van der Waals surface area contributed by atoms with Crippen LogP contribution in [-0.2, 0) is 0 Å². The Hall–Kier alpha value is -1.56. The van der Waals surface area contributed by atoms with Crippen molar-refractivity contribution >= 4 is 19.7 Å². The lowest BCUT2D eigenvalue weighted by Crippen LogP contribution is -2.43. The Morgan fingerprint density at radius 3 is 2.32 bits per heavy atom. The second kappa shape index (κ2) is 5.20. The summed E-state index contributed by atoms with van der Waals surface area (Å²) in [5, 5.41) is 13.9. The van der Waals surface area contributed by atoms with Crippen LogP contribution < -0.4 is 9.74 Å². The molecule has 0 atom stereocenters. The minimum atomic E-state index is -1.97. The Kier molecular flexibility index (Phi) is 4.24. The number of hydrogen-bond acceptors (Lipinski definition) is 4. The number of nitro benzene ring substituents is 1. The standard InChI is InChI=1S/C13H22N2O3Si/c1-13(2,3)19(5,6)18-10-7-8-11(14-4)12(9-10)15(16)17/h7-9,14H,1-6H3. The number of nitrogens with one attached hydrogen (secondary N) is 1. The second-order valence-corrected chi connectivity index (χ2v) is 10.8. The highest BCUT2D eigenvalue weighted by Gasteiger charge is 2.39. The molecule has 0 saturated carbocycles. The predicted octanol–water partition coefficient (Wildman–Crippen LogP) is 4.02. The summed E-state index contributed by atoms with van der Waals surface area (Å²) in [6.07, 6.45) is 0. The molecular weight excluding hydrogens is 260 g/mol. The molecular formula is C13H22N2O3Si. The first-order valence-corrected chi connectivity index (χ1v) is 9.14. The van der Waals surface area contributed by atoms with Gasteiger partial charge in [-0.3, -0.25) is 10.1 Å². The molecule has 6 heteroatoms. The summed E-state index contributed by atoms with van der Waals surface area (Å²) in [6, 6.07) is 4.95. The Morgan fingerprint density at radius 2 is 1.89 bits per heavy atom. The molecule has 1 aromatic carbocycles. The Bertz CT molecular complexity index is 481. The summed E-state index contributed by atoms with van der Waals surface area (Å²) in [7, 11) is -0.311. The van der Waals surface area contributed by atoms with E-state index in [1.165, 1.54) is 6.07 Å². The smallest absolute Gasteiger partial charge is 0.295 e. The Balaban J connectivity index is 3.11. The van der Waals surface area contributed by atoms with E-state index < -0.39 is 13.2 Å². The first-order chi connectivity index (χ1) is 8.58. The summed E-state index contributed by atoms with van der Waals surface area (Å²) >= 11 is 0. The molecule has 1 rings (SSSR count). The van der Waals surface area contributed by atoms with Gasteiger partial charge in [0, 0.05) is 7.05 Å². The van der Waals surface area contributed by atoms with E-state index in [1.807, 2.05) is 0 Å². The summed E-state index contributed by atoms with van der Waals surface area (Å²) in [4.78, 5) is 10.6. The highest BCUT2D eigenvalue weighted by molar-refractivity contribution is 6.74. The van der Waals surface area contributed by atoms with Gasteiger partial charge >= 0.3 is 0 Å². The third-order valence-electron chi connectivity index (χ3n) is 3.61. The van der Waals surface area contributed by atoms with E-state index in [-0.39, 0.29) is 10.7 Å². The summed E-state index contributed by atoms with van der Waals surface area (Å²) in [6.45, 7) is 10.6. The maximum absolute atomic E-state index is 11.0. The van der Waals surface area contributed by atoms with Crippen molar-refractivity contribution in [3.8, 4) is 5.75 Å². The summed E-state index contributed by atoms with van der Waals surface area (Å²) in [5.41, 5.74) is 0.534. The lowest BCUT2D eigenvalue weighted by molar-refractivity contribution is -0.384. The maximum atomic E-state index is 11.0. The molecule has 1 N–H and O–H groups in total. The molecule has 0 fully saturated rings. The van der Waals surface area contributed by atoms with Crippen molar-refractivity contribution in [2.45, 2.75) is 38.9 Å². The van der Waals surface area contributed by atoms with Gasteiger partial charge in [-0.2, -0.15) is 0 Å². The summed E-state index contributed by atoms with van der Waals surface area (Å²) in [5.74, 6) is 0.567. The largest absolute Gasteiger partial charge is 0.543 e. The van der Waals surface area contributed by atoms with Crippen LogP contribution in [0.3, 0.4) is 0 Å². The number of anilines is 1. The van der Waals surface area contributed by atoms with Crippen LogP contribution in [0.4, 0.5) is 11.4 Å². The topological polar surface area (TPSA) is 64.4 Å². The van der Waals surface area contributed by atoms with Gasteiger partial charge in [0.1, 0.15) is 11.4 Å². The van der Waals surface area contributed by atoms with E-state index in [4.69, 9.17) is 4.43 Å². The fourth-order valence-corrected chi connectivity index (χ4v) is 2.41. The van der Waals surface area contributed by atoms with Crippen LogP contribution in [0, 0.1) is 10.1 Å². The molecule has 19 heavy (non-hydrogen) atoms. The van der Waals surface area contributed by atoms with Gasteiger partial charge in [0.05, 0.1) is 11.0 Å². The van der Waals surface area contributed by atoms with Crippen molar-refractivity contribution in [3.05, 3.63) is 28.3 Å². The quantitative estimate of drug-likeness (QED) is 0.514. The molecule has 0 amide bonds. The van der Waals surface area contributed by atoms with Crippen molar-refractivity contribution in [1.82, 2.24) is 0 Å². The van der Waals surface area contributed by atoms with Crippen molar-refractivity contribution in [3.63, 3.8) is 0 Å². The molecule has 0 bridgehead atoms. The molecule has 0 aliphatic rings. The van der Waals surface area contributed by atoms with E-state index in [2.05, 4.69) is 39.2 Å². The highest BCUT2D eigenvalue weighted by atomic mass is 28.4.